The molecular formula is C10H10FN3O5S. The zero-order valence-corrected chi connectivity index (χ0v) is 10.8. The van der Waals surface area contributed by atoms with Gasteiger partial charge in [-0.25, -0.2) is 13.6 Å². The molecule has 0 aromatic heterocycles. The van der Waals surface area contributed by atoms with Crippen LogP contribution in [0.5, 0.6) is 0 Å². The first kappa shape index (κ1) is 14.3. The largest absolute Gasteiger partial charge is 0.349 e. The van der Waals surface area contributed by atoms with E-state index in [-0.39, 0.29) is 11.6 Å². The van der Waals surface area contributed by atoms with Crippen molar-refractivity contribution < 1.29 is 22.5 Å². The average Bonchev–Trinajstić information content (AvgIpc) is 3.11. The van der Waals surface area contributed by atoms with Crippen molar-refractivity contribution in [2.45, 2.75) is 23.8 Å². The van der Waals surface area contributed by atoms with E-state index in [1.807, 2.05) is 0 Å². The number of sulfonamides is 1. The molecule has 20 heavy (non-hydrogen) atoms. The molecule has 1 amide bonds. The van der Waals surface area contributed by atoms with Crippen LogP contribution >= 0.6 is 0 Å². The van der Waals surface area contributed by atoms with Crippen LogP contribution in [0.2, 0.25) is 0 Å². The molecule has 0 saturated heterocycles. The number of nitrogens with two attached hydrogens (primary N) is 1. The van der Waals surface area contributed by atoms with Gasteiger partial charge in [-0.15, -0.1) is 0 Å². The van der Waals surface area contributed by atoms with E-state index in [2.05, 4.69) is 5.32 Å². The highest BCUT2D eigenvalue weighted by molar-refractivity contribution is 7.89. The van der Waals surface area contributed by atoms with E-state index in [0.29, 0.717) is 12.1 Å². The standard InChI is InChI=1S/C10H10FN3O5S/c11-9-7(14(16)17)3-5(4-8(9)20(12,18)19)10(15)13-6-1-2-6/h3-4,6H,1-2H2,(H,13,15)(H2,12,18,19). The lowest BCUT2D eigenvalue weighted by Gasteiger charge is -2.06. The fourth-order valence-electron chi connectivity index (χ4n) is 1.55. The first-order valence-corrected chi connectivity index (χ1v) is 7.06. The highest BCUT2D eigenvalue weighted by atomic mass is 32.2. The van der Waals surface area contributed by atoms with E-state index < -0.39 is 37.3 Å². The first-order valence-electron chi connectivity index (χ1n) is 5.51. The Balaban J connectivity index is 2.55. The van der Waals surface area contributed by atoms with Gasteiger partial charge < -0.3 is 5.32 Å². The molecule has 0 spiro atoms. The van der Waals surface area contributed by atoms with Gasteiger partial charge in [-0.1, -0.05) is 0 Å². The highest BCUT2D eigenvalue weighted by Gasteiger charge is 2.29. The number of nitrogens with one attached hydrogen (secondary N) is 1. The molecule has 1 fully saturated rings. The summed E-state index contributed by atoms with van der Waals surface area (Å²) in [6, 6.07) is 1.33. The Hall–Kier alpha value is -2.07. The minimum absolute atomic E-state index is 0.0375. The number of rotatable bonds is 4. The Kier molecular flexibility index (Phi) is 3.44. The SMILES string of the molecule is NS(=O)(=O)c1cc(C(=O)NC2CC2)cc([N+](=O)[O-])c1F. The number of benzene rings is 1. The second-order valence-electron chi connectivity index (χ2n) is 4.36. The van der Waals surface area contributed by atoms with E-state index in [1.165, 1.54) is 0 Å². The van der Waals surface area contributed by atoms with E-state index in [4.69, 9.17) is 5.14 Å². The van der Waals surface area contributed by atoms with Crippen LogP contribution in [-0.4, -0.2) is 25.3 Å². The van der Waals surface area contributed by atoms with Crippen LogP contribution in [0, 0.1) is 15.9 Å². The number of halogens is 1. The summed E-state index contributed by atoms with van der Waals surface area (Å²) >= 11 is 0. The van der Waals surface area contributed by atoms with Gasteiger partial charge in [0.15, 0.2) is 0 Å². The molecule has 3 N–H and O–H groups in total. The van der Waals surface area contributed by atoms with Crippen LogP contribution in [0.25, 0.3) is 0 Å². The number of amides is 1. The van der Waals surface area contributed by atoms with Crippen molar-refractivity contribution in [1.29, 1.82) is 0 Å². The zero-order chi connectivity index (χ0) is 15.1. The maximum Gasteiger partial charge on any atom is 0.307 e. The summed E-state index contributed by atoms with van der Waals surface area (Å²) in [7, 11) is -4.52. The lowest BCUT2D eigenvalue weighted by atomic mass is 10.2. The Morgan fingerprint density at radius 1 is 1.45 bits per heavy atom. The number of nitro benzene ring substituents is 1. The van der Waals surface area contributed by atoms with Crippen molar-refractivity contribution in [3.8, 4) is 0 Å². The molecule has 108 valence electrons. The van der Waals surface area contributed by atoms with Crippen LogP contribution < -0.4 is 10.5 Å². The summed E-state index contributed by atoms with van der Waals surface area (Å²) < 4.78 is 36.1. The third-order valence-corrected chi connectivity index (χ3v) is 3.61. The number of hydrogen-bond donors (Lipinski definition) is 2. The van der Waals surface area contributed by atoms with Crippen LogP contribution in [-0.2, 0) is 10.0 Å². The van der Waals surface area contributed by atoms with Gasteiger partial charge in [0.1, 0.15) is 4.90 Å². The van der Waals surface area contributed by atoms with Crippen LogP contribution in [0.4, 0.5) is 10.1 Å². The third kappa shape index (κ3) is 2.91. The molecule has 0 aliphatic heterocycles. The Labute approximate surface area is 113 Å². The predicted octanol–water partition coefficient (Wildman–Crippen LogP) is 0.274. The summed E-state index contributed by atoms with van der Waals surface area (Å²) in [5.74, 6) is -2.29. The van der Waals surface area contributed by atoms with Gasteiger partial charge in [0.2, 0.25) is 15.8 Å². The number of nitrogens with zero attached hydrogens (tertiary/aromatic N) is 1. The van der Waals surface area contributed by atoms with Crippen LogP contribution in [0.3, 0.4) is 0 Å². The molecule has 2 rings (SSSR count). The number of carbonyl (C=O) groups is 1. The highest BCUT2D eigenvalue weighted by Crippen LogP contribution is 2.26. The van der Waals surface area contributed by atoms with Gasteiger partial charge in [-0.05, 0) is 18.9 Å². The fourth-order valence-corrected chi connectivity index (χ4v) is 2.20. The van der Waals surface area contributed by atoms with Gasteiger partial charge in [-0.2, -0.15) is 4.39 Å². The average molecular weight is 303 g/mol. The molecule has 1 aromatic rings. The van der Waals surface area contributed by atoms with Crippen molar-refractivity contribution in [3.63, 3.8) is 0 Å². The third-order valence-electron chi connectivity index (χ3n) is 2.70. The normalized spacial score (nSPS) is 14.9. The van der Waals surface area contributed by atoms with Gasteiger partial charge in [0.05, 0.1) is 4.92 Å². The van der Waals surface area contributed by atoms with Crippen molar-refractivity contribution in [2.24, 2.45) is 5.14 Å². The molecule has 0 heterocycles. The summed E-state index contributed by atoms with van der Waals surface area (Å²) in [5.41, 5.74) is -1.44. The molecule has 0 radical (unpaired) electrons. The van der Waals surface area contributed by atoms with E-state index in [0.717, 1.165) is 12.8 Å². The van der Waals surface area contributed by atoms with E-state index in [1.54, 1.807) is 0 Å². The first-order chi connectivity index (χ1) is 9.20. The minimum Gasteiger partial charge on any atom is -0.349 e. The molecule has 1 aliphatic rings. The second kappa shape index (κ2) is 4.80. The van der Waals surface area contributed by atoms with Crippen molar-refractivity contribution in [3.05, 3.63) is 33.6 Å². The van der Waals surface area contributed by atoms with Crippen molar-refractivity contribution in [1.82, 2.24) is 5.32 Å². The summed E-state index contributed by atoms with van der Waals surface area (Å²) in [6.45, 7) is 0. The van der Waals surface area contributed by atoms with Gasteiger partial charge >= 0.3 is 5.69 Å². The number of primary sulfonamides is 1. The van der Waals surface area contributed by atoms with Crippen LogP contribution in [0.15, 0.2) is 17.0 Å². The summed E-state index contributed by atoms with van der Waals surface area (Å²) in [4.78, 5) is 20.3. The maximum atomic E-state index is 13.7. The van der Waals surface area contributed by atoms with Crippen molar-refractivity contribution >= 4 is 21.6 Å². The zero-order valence-electron chi connectivity index (χ0n) is 10.00. The number of carbonyl (C=O) groups excluding carboxylic acids is 1. The van der Waals surface area contributed by atoms with E-state index >= 15 is 0 Å². The molecule has 1 aromatic carbocycles. The quantitative estimate of drug-likeness (QED) is 0.608. The minimum atomic E-state index is -4.52. The Morgan fingerprint density at radius 2 is 2.05 bits per heavy atom. The molecule has 10 heteroatoms. The predicted molar refractivity (Wildman–Crippen MR) is 64.9 cm³/mol. The summed E-state index contributed by atoms with van der Waals surface area (Å²) in [6.07, 6.45) is 1.55. The number of nitro groups is 1. The Bertz CT molecular complexity index is 699. The molecule has 1 aliphatic carbocycles. The fraction of sp³-hybridized carbons (Fsp3) is 0.300. The molecule has 0 unspecified atom stereocenters. The summed E-state index contributed by atoms with van der Waals surface area (Å²) in [5, 5.41) is 18.0. The molecule has 1 saturated carbocycles. The Morgan fingerprint density at radius 3 is 2.50 bits per heavy atom. The molecule has 0 atom stereocenters. The van der Waals surface area contributed by atoms with Crippen molar-refractivity contribution in [2.75, 3.05) is 0 Å². The van der Waals surface area contributed by atoms with Gasteiger partial charge in [-0.3, -0.25) is 14.9 Å². The monoisotopic (exact) mass is 303 g/mol. The number of hydrogen-bond acceptors (Lipinski definition) is 5. The lowest BCUT2D eigenvalue weighted by molar-refractivity contribution is -0.387. The van der Waals surface area contributed by atoms with Gasteiger partial charge in [0.25, 0.3) is 5.91 Å². The second-order valence-corrected chi connectivity index (χ2v) is 5.89. The topological polar surface area (TPSA) is 132 Å². The lowest BCUT2D eigenvalue weighted by Crippen LogP contribution is -2.26. The molecule has 8 nitrogen and oxygen atoms in total. The van der Waals surface area contributed by atoms with Crippen LogP contribution in [0.1, 0.15) is 23.2 Å². The molecular weight excluding hydrogens is 293 g/mol. The molecule has 0 bridgehead atoms. The van der Waals surface area contributed by atoms with E-state index in [9.17, 15) is 27.7 Å². The smallest absolute Gasteiger partial charge is 0.307 e. The maximum absolute atomic E-state index is 13.7. The van der Waals surface area contributed by atoms with Gasteiger partial charge in [0, 0.05) is 17.7 Å².